The van der Waals surface area contributed by atoms with Crippen molar-refractivity contribution in [3.63, 3.8) is 0 Å². The highest BCUT2D eigenvalue weighted by Crippen LogP contribution is 2.11. The van der Waals surface area contributed by atoms with Crippen molar-refractivity contribution >= 4 is 11.8 Å². The number of hydrogen-bond donors (Lipinski definition) is 1. The van der Waals surface area contributed by atoms with Crippen LogP contribution in [0.2, 0.25) is 0 Å². The molecule has 130 valence electrons. The van der Waals surface area contributed by atoms with Crippen LogP contribution in [0.15, 0.2) is 30.3 Å². The lowest BCUT2D eigenvalue weighted by Gasteiger charge is -2.35. The first-order chi connectivity index (χ1) is 11.7. The Labute approximate surface area is 142 Å². The number of nitrogens with one attached hydrogen (secondary N) is 1. The molecule has 0 saturated carbocycles. The summed E-state index contributed by atoms with van der Waals surface area (Å²) in [7, 11) is 0. The van der Waals surface area contributed by atoms with Crippen LogP contribution in [0.5, 0.6) is 0 Å². The molecule has 2 heterocycles. The Morgan fingerprint density at radius 2 is 1.79 bits per heavy atom. The zero-order valence-corrected chi connectivity index (χ0v) is 13.9. The number of ether oxygens (including phenoxy) is 1. The highest BCUT2D eigenvalue weighted by Gasteiger charge is 2.24. The molecular weight excluding hydrogens is 306 g/mol. The summed E-state index contributed by atoms with van der Waals surface area (Å²) in [6, 6.07) is 9.29. The summed E-state index contributed by atoms with van der Waals surface area (Å²) in [5.74, 6) is 0.138. The third-order valence-electron chi connectivity index (χ3n) is 4.61. The Morgan fingerprint density at radius 3 is 2.46 bits per heavy atom. The van der Waals surface area contributed by atoms with Crippen molar-refractivity contribution in [2.24, 2.45) is 0 Å². The first kappa shape index (κ1) is 16.9. The lowest BCUT2D eigenvalue weighted by Crippen LogP contribution is -2.52. The van der Waals surface area contributed by atoms with Crippen LogP contribution >= 0.6 is 0 Å². The Hall–Kier alpha value is -1.92. The molecule has 1 N–H and O–H groups in total. The lowest BCUT2D eigenvalue weighted by atomic mass is 10.2. The average molecular weight is 331 g/mol. The Balaban J connectivity index is 1.39. The summed E-state index contributed by atoms with van der Waals surface area (Å²) < 4.78 is 5.53. The highest BCUT2D eigenvalue weighted by molar-refractivity contribution is 5.94. The van der Waals surface area contributed by atoms with E-state index in [0.29, 0.717) is 38.3 Å². The Bertz CT molecular complexity index is 550. The summed E-state index contributed by atoms with van der Waals surface area (Å²) in [5.41, 5.74) is 0.704. The summed E-state index contributed by atoms with van der Waals surface area (Å²) in [4.78, 5) is 28.3. The molecule has 2 saturated heterocycles. The van der Waals surface area contributed by atoms with Gasteiger partial charge in [-0.25, -0.2) is 0 Å². The van der Waals surface area contributed by atoms with Gasteiger partial charge in [-0.3, -0.25) is 9.59 Å². The minimum Gasteiger partial charge on any atom is -0.377 e. The highest BCUT2D eigenvalue weighted by atomic mass is 16.5. The number of carbonyl (C=O) groups excluding carboxylic acids is 2. The van der Waals surface area contributed by atoms with E-state index in [0.717, 1.165) is 26.0 Å². The molecule has 2 aliphatic heterocycles. The normalized spacial score (nSPS) is 21.1. The molecule has 1 aromatic rings. The zero-order valence-electron chi connectivity index (χ0n) is 13.9. The van der Waals surface area contributed by atoms with Crippen LogP contribution in [0.4, 0.5) is 0 Å². The van der Waals surface area contributed by atoms with Gasteiger partial charge in [0.05, 0.1) is 12.6 Å². The molecule has 0 bridgehead atoms. The van der Waals surface area contributed by atoms with E-state index in [-0.39, 0.29) is 17.9 Å². The van der Waals surface area contributed by atoms with E-state index in [1.807, 2.05) is 40.1 Å². The van der Waals surface area contributed by atoms with Crippen LogP contribution in [0, 0.1) is 0 Å². The summed E-state index contributed by atoms with van der Waals surface area (Å²) in [6.07, 6.45) is 2.43. The SMILES string of the molecule is O=C(CNCC1CCCO1)N1CCN(C(=O)c2ccccc2)CC1. The molecule has 0 spiro atoms. The first-order valence-corrected chi connectivity index (χ1v) is 8.68. The van der Waals surface area contributed by atoms with E-state index in [2.05, 4.69) is 5.32 Å². The van der Waals surface area contributed by atoms with E-state index in [1.165, 1.54) is 0 Å². The number of hydrogen-bond acceptors (Lipinski definition) is 4. The van der Waals surface area contributed by atoms with Crippen molar-refractivity contribution in [1.29, 1.82) is 0 Å². The molecule has 2 fully saturated rings. The van der Waals surface area contributed by atoms with Gasteiger partial charge < -0.3 is 19.9 Å². The molecule has 2 aliphatic rings. The van der Waals surface area contributed by atoms with Gasteiger partial charge in [-0.1, -0.05) is 18.2 Å². The van der Waals surface area contributed by atoms with Gasteiger partial charge in [0.25, 0.3) is 5.91 Å². The van der Waals surface area contributed by atoms with Crippen molar-refractivity contribution < 1.29 is 14.3 Å². The van der Waals surface area contributed by atoms with Crippen LogP contribution in [0.3, 0.4) is 0 Å². The number of amides is 2. The Morgan fingerprint density at radius 1 is 1.08 bits per heavy atom. The van der Waals surface area contributed by atoms with Gasteiger partial charge in [-0.05, 0) is 25.0 Å². The summed E-state index contributed by atoms with van der Waals surface area (Å²) >= 11 is 0. The van der Waals surface area contributed by atoms with Gasteiger partial charge in [0.1, 0.15) is 0 Å². The molecule has 0 aliphatic carbocycles. The van der Waals surface area contributed by atoms with Crippen molar-refractivity contribution in [2.45, 2.75) is 18.9 Å². The number of carbonyl (C=O) groups is 2. The molecule has 1 unspecified atom stereocenters. The number of benzene rings is 1. The molecule has 1 atom stereocenters. The van der Waals surface area contributed by atoms with E-state index in [1.54, 1.807) is 0 Å². The molecular formula is C18H25N3O3. The molecule has 1 aromatic carbocycles. The minimum absolute atomic E-state index is 0.0409. The summed E-state index contributed by atoms with van der Waals surface area (Å²) in [5, 5.41) is 3.19. The zero-order chi connectivity index (χ0) is 16.8. The maximum atomic E-state index is 12.4. The number of rotatable bonds is 5. The van der Waals surface area contributed by atoms with Crippen molar-refractivity contribution in [1.82, 2.24) is 15.1 Å². The fourth-order valence-corrected chi connectivity index (χ4v) is 3.18. The van der Waals surface area contributed by atoms with E-state index in [4.69, 9.17) is 4.74 Å². The molecule has 3 rings (SSSR count). The van der Waals surface area contributed by atoms with Gasteiger partial charge in [0.2, 0.25) is 5.91 Å². The lowest BCUT2D eigenvalue weighted by molar-refractivity contribution is -0.131. The largest absolute Gasteiger partial charge is 0.377 e. The molecule has 0 aromatic heterocycles. The predicted octanol–water partition coefficient (Wildman–Crippen LogP) is 0.740. The molecule has 0 radical (unpaired) electrons. The van der Waals surface area contributed by atoms with Gasteiger partial charge in [0, 0.05) is 44.9 Å². The topological polar surface area (TPSA) is 61.9 Å². The second kappa shape index (κ2) is 8.26. The maximum absolute atomic E-state index is 12.4. The molecule has 6 nitrogen and oxygen atoms in total. The van der Waals surface area contributed by atoms with Crippen LogP contribution < -0.4 is 5.32 Å². The number of nitrogens with zero attached hydrogens (tertiary/aromatic N) is 2. The second-order valence-electron chi connectivity index (χ2n) is 6.30. The van der Waals surface area contributed by atoms with Crippen LogP contribution in [0.25, 0.3) is 0 Å². The van der Waals surface area contributed by atoms with Gasteiger partial charge in [-0.2, -0.15) is 0 Å². The first-order valence-electron chi connectivity index (χ1n) is 8.68. The van der Waals surface area contributed by atoms with Crippen molar-refractivity contribution in [3.8, 4) is 0 Å². The Kier molecular flexibility index (Phi) is 5.82. The van der Waals surface area contributed by atoms with E-state index < -0.39 is 0 Å². The standard InChI is InChI=1S/C18H25N3O3/c22-17(14-19-13-16-7-4-12-24-16)20-8-10-21(11-9-20)18(23)15-5-2-1-3-6-15/h1-3,5-6,16,19H,4,7-14H2. The monoisotopic (exact) mass is 331 g/mol. The smallest absolute Gasteiger partial charge is 0.253 e. The third kappa shape index (κ3) is 4.33. The fraction of sp³-hybridized carbons (Fsp3) is 0.556. The molecule has 24 heavy (non-hydrogen) atoms. The van der Waals surface area contributed by atoms with Gasteiger partial charge in [-0.15, -0.1) is 0 Å². The van der Waals surface area contributed by atoms with Gasteiger partial charge in [0.15, 0.2) is 0 Å². The fourth-order valence-electron chi connectivity index (χ4n) is 3.18. The van der Waals surface area contributed by atoms with Crippen LogP contribution in [-0.2, 0) is 9.53 Å². The van der Waals surface area contributed by atoms with E-state index in [9.17, 15) is 9.59 Å². The molecule has 2 amide bonds. The van der Waals surface area contributed by atoms with Gasteiger partial charge >= 0.3 is 0 Å². The molecule has 6 heteroatoms. The third-order valence-corrected chi connectivity index (χ3v) is 4.61. The minimum atomic E-state index is 0.0409. The second-order valence-corrected chi connectivity index (χ2v) is 6.30. The quantitative estimate of drug-likeness (QED) is 0.864. The number of piperazine rings is 1. The van der Waals surface area contributed by atoms with Crippen molar-refractivity contribution in [2.75, 3.05) is 45.9 Å². The maximum Gasteiger partial charge on any atom is 0.253 e. The van der Waals surface area contributed by atoms with E-state index >= 15 is 0 Å². The van der Waals surface area contributed by atoms with Crippen LogP contribution in [-0.4, -0.2) is 73.6 Å². The predicted molar refractivity (Wildman–Crippen MR) is 90.8 cm³/mol. The van der Waals surface area contributed by atoms with Crippen LogP contribution in [0.1, 0.15) is 23.2 Å². The summed E-state index contributed by atoms with van der Waals surface area (Å²) in [6.45, 7) is 4.27. The average Bonchev–Trinajstić information content (AvgIpc) is 3.15. The van der Waals surface area contributed by atoms with Crippen molar-refractivity contribution in [3.05, 3.63) is 35.9 Å².